The first kappa shape index (κ1) is 17.4. The Hall–Kier alpha value is -1.97. The molecule has 1 fully saturated rings. The van der Waals surface area contributed by atoms with Crippen LogP contribution >= 0.6 is 0 Å². The van der Waals surface area contributed by atoms with Gasteiger partial charge in [0.25, 0.3) is 5.91 Å². The molecule has 0 unspecified atom stereocenters. The Morgan fingerprint density at radius 3 is 2.57 bits per heavy atom. The highest BCUT2D eigenvalue weighted by Crippen LogP contribution is 2.22. The summed E-state index contributed by atoms with van der Waals surface area (Å²) in [5.41, 5.74) is 0.580. The van der Waals surface area contributed by atoms with E-state index >= 15 is 0 Å². The van der Waals surface area contributed by atoms with E-state index in [2.05, 4.69) is 5.32 Å². The molecule has 2 rings (SSSR count). The maximum Gasteiger partial charge on any atom is 0.251 e. The second-order valence-electron chi connectivity index (χ2n) is 5.05. The second-order valence-corrected chi connectivity index (χ2v) is 6.96. The molecule has 1 aliphatic heterocycles. The Labute approximate surface area is 134 Å². The van der Waals surface area contributed by atoms with E-state index in [1.54, 1.807) is 6.92 Å². The van der Waals surface area contributed by atoms with Gasteiger partial charge in [-0.25, -0.2) is 8.42 Å². The number of amides is 1. The fraction of sp³-hybridized carbons (Fsp3) is 0.429. The van der Waals surface area contributed by atoms with Gasteiger partial charge in [0.2, 0.25) is 10.0 Å². The number of hydrogen-bond acceptors (Lipinski definition) is 6. The number of carboxylic acids is 1. The molecule has 1 aromatic carbocycles. The van der Waals surface area contributed by atoms with Gasteiger partial charge < -0.3 is 20.0 Å². The third-order valence-corrected chi connectivity index (χ3v) is 5.47. The van der Waals surface area contributed by atoms with Crippen LogP contribution in [0.3, 0.4) is 0 Å². The van der Waals surface area contributed by atoms with Gasteiger partial charge in [-0.05, 0) is 24.6 Å². The molecule has 1 aromatic rings. The third-order valence-electron chi connectivity index (χ3n) is 3.43. The average molecular weight is 341 g/mol. The van der Waals surface area contributed by atoms with E-state index in [0.717, 1.165) is 0 Å². The standard InChI is InChI=1S/C14H18N2O6S/c1-10-2-3-11(14(19)15-9-13(17)18)8-12(10)23(20,21)16-4-6-22-7-5-16/h2-3,8H,4-7,9H2,1H3,(H,15,19)(H,17,18)/p-1. The van der Waals surface area contributed by atoms with E-state index in [4.69, 9.17) is 4.74 Å². The quantitative estimate of drug-likeness (QED) is 0.696. The molecule has 0 radical (unpaired) electrons. The molecule has 1 N–H and O–H groups in total. The summed E-state index contributed by atoms with van der Waals surface area (Å²) in [5, 5.41) is 12.5. The minimum absolute atomic E-state index is 0.0282. The summed E-state index contributed by atoms with van der Waals surface area (Å²) >= 11 is 0. The summed E-state index contributed by atoms with van der Waals surface area (Å²) in [6.45, 7) is 2.15. The number of carbonyl (C=O) groups excluding carboxylic acids is 2. The molecule has 23 heavy (non-hydrogen) atoms. The zero-order valence-electron chi connectivity index (χ0n) is 12.6. The number of sulfonamides is 1. The van der Waals surface area contributed by atoms with Crippen molar-refractivity contribution in [3.05, 3.63) is 29.3 Å². The first-order valence-corrected chi connectivity index (χ1v) is 8.43. The predicted molar refractivity (Wildman–Crippen MR) is 78.1 cm³/mol. The molecule has 8 nitrogen and oxygen atoms in total. The number of hydrogen-bond donors (Lipinski definition) is 1. The molecule has 0 saturated carbocycles. The van der Waals surface area contributed by atoms with Crippen LogP contribution in [-0.4, -0.2) is 57.4 Å². The molecule has 1 saturated heterocycles. The molecule has 0 bridgehead atoms. The Morgan fingerprint density at radius 1 is 1.30 bits per heavy atom. The topological polar surface area (TPSA) is 116 Å². The number of carbonyl (C=O) groups is 2. The Bertz CT molecular complexity index is 710. The number of aryl methyl sites for hydroxylation is 1. The van der Waals surface area contributed by atoms with Crippen LogP contribution in [0, 0.1) is 6.92 Å². The first-order valence-electron chi connectivity index (χ1n) is 6.99. The number of benzene rings is 1. The molecule has 9 heteroatoms. The number of nitrogens with zero attached hydrogens (tertiary/aromatic N) is 1. The fourth-order valence-electron chi connectivity index (χ4n) is 2.20. The largest absolute Gasteiger partial charge is 0.548 e. The molecule has 0 spiro atoms. The van der Waals surface area contributed by atoms with E-state index in [9.17, 15) is 23.1 Å². The molecule has 0 atom stereocenters. The van der Waals surface area contributed by atoms with Gasteiger partial charge in [-0.15, -0.1) is 0 Å². The van der Waals surface area contributed by atoms with Crippen molar-refractivity contribution in [1.82, 2.24) is 9.62 Å². The minimum Gasteiger partial charge on any atom is -0.548 e. The van der Waals surface area contributed by atoms with Crippen molar-refractivity contribution in [1.29, 1.82) is 0 Å². The van der Waals surface area contributed by atoms with E-state index in [-0.39, 0.29) is 23.5 Å². The predicted octanol–water partition coefficient (Wildman–Crippen LogP) is -1.50. The molecule has 126 valence electrons. The molecular formula is C14H17N2O6S-. The average Bonchev–Trinajstić information content (AvgIpc) is 2.53. The molecule has 1 amide bonds. The molecular weight excluding hydrogens is 324 g/mol. The molecule has 1 heterocycles. The normalized spacial score (nSPS) is 16.0. The number of morpholine rings is 1. The van der Waals surface area contributed by atoms with Gasteiger partial charge in [0, 0.05) is 18.7 Å². The van der Waals surface area contributed by atoms with Gasteiger partial charge in [-0.3, -0.25) is 4.79 Å². The first-order chi connectivity index (χ1) is 10.8. The van der Waals surface area contributed by atoms with Gasteiger partial charge in [-0.1, -0.05) is 6.07 Å². The van der Waals surface area contributed by atoms with Gasteiger partial charge >= 0.3 is 0 Å². The number of aliphatic carboxylic acids is 1. The number of rotatable bonds is 5. The Kier molecular flexibility index (Phi) is 5.34. The van der Waals surface area contributed by atoms with Gasteiger partial charge in [0.05, 0.1) is 30.6 Å². The van der Waals surface area contributed by atoms with E-state index < -0.39 is 28.4 Å². The summed E-state index contributed by atoms with van der Waals surface area (Å²) < 4.78 is 31.8. The summed E-state index contributed by atoms with van der Waals surface area (Å²) in [5.74, 6) is -2.10. The lowest BCUT2D eigenvalue weighted by atomic mass is 10.1. The molecule has 1 aliphatic rings. The van der Waals surface area contributed by atoms with Crippen LogP contribution in [-0.2, 0) is 19.6 Å². The van der Waals surface area contributed by atoms with Crippen LogP contribution in [0.15, 0.2) is 23.1 Å². The van der Waals surface area contributed by atoms with Crippen molar-refractivity contribution in [2.75, 3.05) is 32.8 Å². The van der Waals surface area contributed by atoms with Gasteiger partial charge in [-0.2, -0.15) is 4.31 Å². The van der Waals surface area contributed by atoms with E-state index in [1.165, 1.54) is 22.5 Å². The van der Waals surface area contributed by atoms with Crippen molar-refractivity contribution >= 4 is 21.9 Å². The van der Waals surface area contributed by atoms with Crippen molar-refractivity contribution in [2.24, 2.45) is 0 Å². The lowest BCUT2D eigenvalue weighted by Gasteiger charge is -2.26. The fourth-order valence-corrected chi connectivity index (χ4v) is 3.86. The number of nitrogens with one attached hydrogen (secondary N) is 1. The maximum absolute atomic E-state index is 12.7. The lowest BCUT2D eigenvalue weighted by Crippen LogP contribution is -2.41. The lowest BCUT2D eigenvalue weighted by molar-refractivity contribution is -0.303. The van der Waals surface area contributed by atoms with Crippen LogP contribution in [0.5, 0.6) is 0 Å². The zero-order valence-corrected chi connectivity index (χ0v) is 13.4. The van der Waals surface area contributed by atoms with E-state index in [1.807, 2.05) is 0 Å². The summed E-state index contributed by atoms with van der Waals surface area (Å²) in [4.78, 5) is 22.3. The summed E-state index contributed by atoms with van der Waals surface area (Å²) in [6, 6.07) is 4.21. The smallest absolute Gasteiger partial charge is 0.251 e. The van der Waals surface area contributed by atoms with Crippen molar-refractivity contribution in [3.63, 3.8) is 0 Å². The molecule has 0 aromatic heterocycles. The number of ether oxygens (including phenoxy) is 1. The van der Waals surface area contributed by atoms with Crippen LogP contribution in [0.1, 0.15) is 15.9 Å². The summed E-state index contributed by atoms with van der Waals surface area (Å²) in [7, 11) is -3.74. The highest BCUT2D eigenvalue weighted by atomic mass is 32.2. The van der Waals surface area contributed by atoms with Crippen molar-refractivity contribution in [3.8, 4) is 0 Å². The maximum atomic E-state index is 12.7. The van der Waals surface area contributed by atoms with Crippen molar-refractivity contribution < 1.29 is 27.9 Å². The highest BCUT2D eigenvalue weighted by Gasteiger charge is 2.28. The van der Waals surface area contributed by atoms with Crippen LogP contribution < -0.4 is 10.4 Å². The van der Waals surface area contributed by atoms with Crippen LogP contribution in [0.4, 0.5) is 0 Å². The van der Waals surface area contributed by atoms with Gasteiger partial charge in [0.1, 0.15) is 0 Å². The summed E-state index contributed by atoms with van der Waals surface area (Å²) in [6.07, 6.45) is 0. The minimum atomic E-state index is -3.74. The Morgan fingerprint density at radius 2 is 1.96 bits per heavy atom. The highest BCUT2D eigenvalue weighted by molar-refractivity contribution is 7.89. The molecule has 0 aliphatic carbocycles. The van der Waals surface area contributed by atoms with Crippen LogP contribution in [0.2, 0.25) is 0 Å². The monoisotopic (exact) mass is 341 g/mol. The van der Waals surface area contributed by atoms with Gasteiger partial charge in [0.15, 0.2) is 0 Å². The SMILES string of the molecule is Cc1ccc(C(=O)NCC(=O)[O-])cc1S(=O)(=O)N1CCOCC1. The second kappa shape index (κ2) is 7.07. The van der Waals surface area contributed by atoms with E-state index in [0.29, 0.717) is 18.8 Å². The number of carboxylic acid groups (broad SMARTS) is 1. The Balaban J connectivity index is 2.29. The zero-order chi connectivity index (χ0) is 17.0. The third kappa shape index (κ3) is 4.06. The van der Waals surface area contributed by atoms with Crippen LogP contribution in [0.25, 0.3) is 0 Å². The van der Waals surface area contributed by atoms with Crippen molar-refractivity contribution in [2.45, 2.75) is 11.8 Å².